The van der Waals surface area contributed by atoms with Gasteiger partial charge in [0.25, 0.3) is 0 Å². The van der Waals surface area contributed by atoms with Gasteiger partial charge in [0, 0.05) is 6.08 Å². The second kappa shape index (κ2) is 5.12. The Hall–Kier alpha value is -0.870. The van der Waals surface area contributed by atoms with Crippen molar-refractivity contribution in [2.24, 2.45) is 0 Å². The minimum atomic E-state index is -1.14. The van der Waals surface area contributed by atoms with Crippen LogP contribution in [0, 0.1) is 0 Å². The van der Waals surface area contributed by atoms with Crippen molar-refractivity contribution in [2.45, 2.75) is 45.3 Å². The van der Waals surface area contributed by atoms with E-state index in [1.807, 2.05) is 0 Å². The van der Waals surface area contributed by atoms with E-state index < -0.39 is 17.7 Å². The van der Waals surface area contributed by atoms with E-state index in [1.54, 1.807) is 6.92 Å². The molecule has 0 aliphatic carbocycles. The number of hydrogen-bond acceptors (Lipinski definition) is 3. The van der Waals surface area contributed by atoms with Gasteiger partial charge in [-0.2, -0.15) is 0 Å². The highest BCUT2D eigenvalue weighted by atomic mass is 16.4. The summed E-state index contributed by atoms with van der Waals surface area (Å²) >= 11 is 0. The number of hydrogen-bond donors (Lipinski definition) is 3. The fraction of sp³-hybridized carbons (Fsp3) is 0.700. The largest absolute Gasteiger partial charge is 0.478 e. The summed E-state index contributed by atoms with van der Waals surface area (Å²) in [5.41, 5.74) is -0.454. The molecule has 0 radical (unpaired) electrons. The number of rotatable bonds is 5. The SMILES string of the molecule is CC(=CC(=O)O)CCC(O)C(C)(C)O. The Kier molecular flexibility index (Phi) is 4.80. The van der Waals surface area contributed by atoms with Crippen LogP contribution in [0.3, 0.4) is 0 Å². The number of carboxylic acids is 1. The lowest BCUT2D eigenvalue weighted by Crippen LogP contribution is -2.35. The molecule has 82 valence electrons. The Morgan fingerprint density at radius 2 is 2.00 bits per heavy atom. The van der Waals surface area contributed by atoms with Crippen molar-refractivity contribution in [1.29, 1.82) is 0 Å². The van der Waals surface area contributed by atoms with Gasteiger partial charge in [0.05, 0.1) is 11.7 Å². The van der Waals surface area contributed by atoms with Crippen LogP contribution >= 0.6 is 0 Å². The van der Waals surface area contributed by atoms with Crippen molar-refractivity contribution in [3.05, 3.63) is 11.6 Å². The molecule has 4 heteroatoms. The van der Waals surface area contributed by atoms with Crippen LogP contribution in [0.5, 0.6) is 0 Å². The van der Waals surface area contributed by atoms with Crippen molar-refractivity contribution in [2.75, 3.05) is 0 Å². The minimum Gasteiger partial charge on any atom is -0.478 e. The van der Waals surface area contributed by atoms with Crippen molar-refractivity contribution < 1.29 is 20.1 Å². The Labute approximate surface area is 83.9 Å². The lowest BCUT2D eigenvalue weighted by atomic mass is 9.96. The van der Waals surface area contributed by atoms with E-state index in [-0.39, 0.29) is 0 Å². The first-order valence-corrected chi connectivity index (χ1v) is 4.54. The second-order valence-electron chi connectivity index (χ2n) is 4.04. The lowest BCUT2D eigenvalue weighted by molar-refractivity contribution is -0.131. The van der Waals surface area contributed by atoms with E-state index >= 15 is 0 Å². The summed E-state index contributed by atoms with van der Waals surface area (Å²) in [6.45, 7) is 4.73. The van der Waals surface area contributed by atoms with Crippen LogP contribution in [-0.2, 0) is 4.79 Å². The summed E-state index contributed by atoms with van der Waals surface area (Å²) in [6.07, 6.45) is 1.10. The van der Waals surface area contributed by atoms with Gasteiger partial charge in [-0.25, -0.2) is 4.79 Å². The molecule has 0 aliphatic heterocycles. The van der Waals surface area contributed by atoms with E-state index in [2.05, 4.69) is 0 Å². The molecular weight excluding hydrogens is 184 g/mol. The smallest absolute Gasteiger partial charge is 0.328 e. The normalized spacial score (nSPS) is 15.4. The number of aliphatic carboxylic acids is 1. The van der Waals surface area contributed by atoms with Crippen LogP contribution in [-0.4, -0.2) is 33.0 Å². The number of carbonyl (C=O) groups is 1. The highest BCUT2D eigenvalue weighted by Crippen LogP contribution is 2.16. The molecule has 0 spiro atoms. The predicted molar refractivity (Wildman–Crippen MR) is 52.9 cm³/mol. The maximum absolute atomic E-state index is 10.3. The first-order chi connectivity index (χ1) is 6.23. The molecule has 0 bridgehead atoms. The van der Waals surface area contributed by atoms with Gasteiger partial charge >= 0.3 is 5.97 Å². The average Bonchev–Trinajstić information content (AvgIpc) is 1.96. The lowest BCUT2D eigenvalue weighted by Gasteiger charge is -2.24. The number of aliphatic hydroxyl groups excluding tert-OH is 1. The Bertz CT molecular complexity index is 225. The zero-order valence-corrected chi connectivity index (χ0v) is 8.82. The summed E-state index contributed by atoms with van der Waals surface area (Å²) in [4.78, 5) is 10.3. The molecular formula is C10H18O4. The topological polar surface area (TPSA) is 77.8 Å². The van der Waals surface area contributed by atoms with E-state index in [4.69, 9.17) is 5.11 Å². The summed E-state index contributed by atoms with van der Waals surface area (Å²) in [5.74, 6) is -0.986. The van der Waals surface area contributed by atoms with Crippen LogP contribution in [0.1, 0.15) is 33.6 Å². The van der Waals surface area contributed by atoms with Crippen molar-refractivity contribution in [1.82, 2.24) is 0 Å². The van der Waals surface area contributed by atoms with Gasteiger partial charge in [-0.1, -0.05) is 5.57 Å². The molecule has 1 unspecified atom stereocenters. The van der Waals surface area contributed by atoms with E-state index in [0.29, 0.717) is 18.4 Å². The molecule has 14 heavy (non-hydrogen) atoms. The quantitative estimate of drug-likeness (QED) is 0.579. The van der Waals surface area contributed by atoms with Crippen molar-refractivity contribution in [3.63, 3.8) is 0 Å². The van der Waals surface area contributed by atoms with Crippen LogP contribution in [0.2, 0.25) is 0 Å². The van der Waals surface area contributed by atoms with Gasteiger partial charge in [0.15, 0.2) is 0 Å². The monoisotopic (exact) mass is 202 g/mol. The summed E-state index contributed by atoms with van der Waals surface area (Å²) < 4.78 is 0. The third-order valence-electron chi connectivity index (χ3n) is 2.00. The average molecular weight is 202 g/mol. The molecule has 0 aromatic heterocycles. The Morgan fingerprint density at radius 3 is 2.36 bits per heavy atom. The number of aliphatic hydroxyl groups is 2. The van der Waals surface area contributed by atoms with Gasteiger partial charge in [0.1, 0.15) is 0 Å². The van der Waals surface area contributed by atoms with Gasteiger partial charge in [-0.15, -0.1) is 0 Å². The molecule has 0 heterocycles. The van der Waals surface area contributed by atoms with Crippen LogP contribution < -0.4 is 0 Å². The maximum Gasteiger partial charge on any atom is 0.328 e. The molecule has 0 saturated carbocycles. The molecule has 0 fully saturated rings. The molecule has 0 rings (SSSR count). The second-order valence-corrected chi connectivity index (χ2v) is 4.04. The first kappa shape index (κ1) is 13.1. The fourth-order valence-corrected chi connectivity index (χ4v) is 1.00. The Balaban J connectivity index is 4.01. The molecule has 1 atom stereocenters. The van der Waals surface area contributed by atoms with Crippen molar-refractivity contribution in [3.8, 4) is 0 Å². The summed E-state index contributed by atoms with van der Waals surface area (Å²) in [6, 6.07) is 0. The van der Waals surface area contributed by atoms with Gasteiger partial charge in [-0.3, -0.25) is 0 Å². The van der Waals surface area contributed by atoms with Gasteiger partial charge in [-0.05, 0) is 33.6 Å². The standard InChI is InChI=1S/C10H18O4/c1-7(6-9(12)13)4-5-8(11)10(2,3)14/h6,8,11,14H,4-5H2,1-3H3,(H,12,13). The van der Waals surface area contributed by atoms with Crippen LogP contribution in [0.4, 0.5) is 0 Å². The third kappa shape index (κ3) is 5.72. The zero-order valence-electron chi connectivity index (χ0n) is 8.82. The highest BCUT2D eigenvalue weighted by Gasteiger charge is 2.23. The van der Waals surface area contributed by atoms with E-state index in [1.165, 1.54) is 13.8 Å². The van der Waals surface area contributed by atoms with Gasteiger partial charge < -0.3 is 15.3 Å². The Morgan fingerprint density at radius 1 is 1.50 bits per heavy atom. The third-order valence-corrected chi connectivity index (χ3v) is 2.00. The molecule has 0 amide bonds. The molecule has 0 aliphatic rings. The predicted octanol–water partition coefficient (Wildman–Crippen LogP) is 0.929. The number of carboxylic acid groups (broad SMARTS) is 1. The minimum absolute atomic E-state index is 0.360. The van der Waals surface area contributed by atoms with E-state index in [9.17, 15) is 15.0 Å². The van der Waals surface area contributed by atoms with Crippen LogP contribution in [0.25, 0.3) is 0 Å². The fourth-order valence-electron chi connectivity index (χ4n) is 1.00. The molecule has 4 nitrogen and oxygen atoms in total. The molecule has 0 aromatic rings. The van der Waals surface area contributed by atoms with Gasteiger partial charge in [0.2, 0.25) is 0 Å². The molecule has 0 aromatic carbocycles. The molecule has 3 N–H and O–H groups in total. The first-order valence-electron chi connectivity index (χ1n) is 4.54. The van der Waals surface area contributed by atoms with Crippen molar-refractivity contribution >= 4 is 5.97 Å². The summed E-state index contributed by atoms with van der Waals surface area (Å²) in [5, 5.41) is 27.3. The highest BCUT2D eigenvalue weighted by molar-refractivity contribution is 5.80. The van der Waals surface area contributed by atoms with E-state index in [0.717, 1.165) is 6.08 Å². The maximum atomic E-state index is 10.3. The van der Waals surface area contributed by atoms with Crippen LogP contribution in [0.15, 0.2) is 11.6 Å². The zero-order chi connectivity index (χ0) is 11.4. The molecule has 0 saturated heterocycles. The summed E-state index contributed by atoms with van der Waals surface area (Å²) in [7, 11) is 0. The number of allylic oxidation sites excluding steroid dienone is 1.